The van der Waals surface area contributed by atoms with Crippen LogP contribution in [0.3, 0.4) is 0 Å². The van der Waals surface area contributed by atoms with Gasteiger partial charge in [-0.05, 0) is 0 Å². The lowest BCUT2D eigenvalue weighted by molar-refractivity contribution is 6.09. The van der Waals surface area contributed by atoms with Gasteiger partial charge in [0.25, 0.3) is 0 Å². The van der Waals surface area contributed by atoms with Gasteiger partial charge in [-0.1, -0.05) is 0 Å². The molecule has 0 aromatic carbocycles. The number of rotatable bonds is 0. The SMILES string of the molecule is S.S=S.S=S=S.S=S=S=S.S=S=S=S=S.S=S=S=S=S=S. The molecular weight excluding hydrogens is 673 g/mol. The van der Waals surface area contributed by atoms with Gasteiger partial charge in [-0.15, -0.1) is 0 Å². The van der Waals surface area contributed by atoms with Crippen LogP contribution in [0, 0.1) is 0 Å². The van der Waals surface area contributed by atoms with Crippen LogP contribution < -0.4 is 0 Å². The summed E-state index contributed by atoms with van der Waals surface area (Å²) in [7, 11) is 12.8. The number of hydrogen-bond acceptors (Lipinski definition) is 10. The van der Waals surface area contributed by atoms with Gasteiger partial charge >= 0.3 is 0 Å². The van der Waals surface area contributed by atoms with E-state index in [1.807, 2.05) is 0 Å². The molecule has 0 atom stereocenters. The second-order valence-corrected chi connectivity index (χ2v) is 18.4. The quantitative estimate of drug-likeness (QED) is 0.345. The summed E-state index contributed by atoms with van der Waals surface area (Å²) >= 11 is 42.2. The minimum atomic E-state index is 0. The molecule has 0 aromatic rings. The first-order valence-electron chi connectivity index (χ1n) is 2.50. The van der Waals surface area contributed by atoms with E-state index in [-0.39, 0.29) is 13.5 Å². The maximum Gasteiger partial charge on any atom is 0 e. The third-order valence-electron chi connectivity index (χ3n) is 0.167. The minimum Gasteiger partial charge on any atom is -0.197 e. The van der Waals surface area contributed by atoms with Crippen LogP contribution in [-0.4, -0.2) is 0 Å². The molecule has 0 aliphatic rings. The van der Waals surface area contributed by atoms with Gasteiger partial charge in [-0.2, -0.15) is 13.5 Å². The van der Waals surface area contributed by atoms with Crippen molar-refractivity contribution in [2.24, 2.45) is 0 Å². The van der Waals surface area contributed by atoms with Gasteiger partial charge in [-0.3, -0.25) is 0 Å². The zero-order valence-electron chi connectivity index (χ0n) is 8.66. The average Bonchev–Trinajstić information content (AvgIpc) is 2.49. The molecule has 128 valence electrons. The molecule has 0 fully saturated rings. The van der Waals surface area contributed by atoms with Crippen LogP contribution in [0.15, 0.2) is 0 Å². The van der Waals surface area contributed by atoms with Crippen molar-refractivity contribution in [3.8, 4) is 0 Å². The molecule has 0 spiro atoms. The molecule has 0 amide bonds. The maximum absolute atomic E-state index is 4.52. The summed E-state index contributed by atoms with van der Waals surface area (Å²) in [6, 6.07) is 0. The zero-order chi connectivity index (χ0) is 17.1. The van der Waals surface area contributed by atoms with E-state index in [9.17, 15) is 0 Å². The second kappa shape index (κ2) is 64.2. The molecule has 0 aromatic heterocycles. The summed E-state index contributed by atoms with van der Waals surface area (Å²) in [5.74, 6) is 0. The van der Waals surface area contributed by atoms with Crippen LogP contribution in [0.1, 0.15) is 0 Å². The fourth-order valence-corrected chi connectivity index (χ4v) is 8.27. The molecule has 0 aliphatic heterocycles. The van der Waals surface area contributed by atoms with Crippen molar-refractivity contribution >= 4 is 214 Å². The molecule has 0 saturated carbocycles. The summed E-state index contributed by atoms with van der Waals surface area (Å²) < 4.78 is 0. The molecular formula is H2S21. The Morgan fingerprint density at radius 2 is 0.571 bits per heavy atom. The molecule has 0 nitrogen and oxygen atoms in total. The van der Waals surface area contributed by atoms with Crippen LogP contribution >= 0.6 is 13.5 Å². The second-order valence-electron chi connectivity index (χ2n) is 0.680. The molecule has 21 heavy (non-hydrogen) atoms. The van der Waals surface area contributed by atoms with Crippen molar-refractivity contribution in [1.82, 2.24) is 0 Å². The van der Waals surface area contributed by atoms with Gasteiger partial charge in [0.05, 0.1) is 0 Å². The molecule has 0 aliphatic carbocycles. The Kier molecular flexibility index (Phi) is 124. The van der Waals surface area contributed by atoms with Crippen molar-refractivity contribution in [3.05, 3.63) is 0 Å². The molecule has 0 unspecified atom stereocenters. The highest BCUT2D eigenvalue weighted by atomic mass is 33.3. The first-order valence-corrected chi connectivity index (χ1v) is 22.5. The Morgan fingerprint density at radius 3 is 0.619 bits per heavy atom. The van der Waals surface area contributed by atoms with Crippen molar-refractivity contribution < 1.29 is 0 Å². The van der Waals surface area contributed by atoms with Crippen molar-refractivity contribution in [2.75, 3.05) is 0 Å². The Bertz CT molecular complexity index is 512. The fourth-order valence-electron chi connectivity index (χ4n) is 0.0340. The van der Waals surface area contributed by atoms with E-state index in [4.69, 9.17) is 0 Å². The summed E-state index contributed by atoms with van der Waals surface area (Å²) in [6.45, 7) is 0. The lowest BCUT2D eigenvalue weighted by Crippen LogP contribution is -1.28. The normalized spacial score (nSPS) is 4.76. The standard InChI is InChI=1S/S6.S5.S4.S3.S2.H2S/c1-3-5-6-4-2;1-3-5-4-2;1-3-4-2;1-3-2;1-2;/h;;;;;1H2. The third-order valence-corrected chi connectivity index (χ3v) is 13.5. The van der Waals surface area contributed by atoms with Crippen LogP contribution in [0.4, 0.5) is 0 Å². The van der Waals surface area contributed by atoms with E-state index in [0.29, 0.717) is 0 Å². The fraction of sp³-hybridized carbons (Fsp3) is 0. The summed E-state index contributed by atoms with van der Waals surface area (Å²) in [6.07, 6.45) is 0. The smallest absolute Gasteiger partial charge is 0 e. The number of hydrogen-bond donors (Lipinski definition) is 0. The zero-order valence-corrected chi connectivity index (χ0v) is 26.0. The van der Waals surface area contributed by atoms with E-state index in [1.54, 1.807) is 0 Å². The Morgan fingerprint density at radius 1 is 0.381 bits per heavy atom. The van der Waals surface area contributed by atoms with E-state index in [0.717, 1.165) is 8.88 Å². The minimum absolute atomic E-state index is 0. The monoisotopic (exact) mass is 673 g/mol. The molecule has 0 rings (SSSR count). The van der Waals surface area contributed by atoms with Gasteiger partial charge in [0.15, 0.2) is 0 Å². The van der Waals surface area contributed by atoms with Gasteiger partial charge in [-0.25, -0.2) is 0 Å². The highest BCUT2D eigenvalue weighted by Crippen LogP contribution is 1.28. The Hall–Kier alpha value is 4.75. The van der Waals surface area contributed by atoms with Gasteiger partial charge in [0.2, 0.25) is 0 Å². The molecule has 0 N–H and O–H groups in total. The molecule has 0 saturated heterocycles. The predicted molar refractivity (Wildman–Crippen MR) is 158 cm³/mol. The predicted octanol–water partition coefficient (Wildman–Crippen LogP) is 0.0648. The van der Waals surface area contributed by atoms with Gasteiger partial charge in [0, 0.05) is 201 Å². The van der Waals surface area contributed by atoms with Gasteiger partial charge in [0.1, 0.15) is 0 Å². The summed E-state index contributed by atoms with van der Waals surface area (Å²) in [4.78, 5) is 0. The van der Waals surface area contributed by atoms with Crippen LogP contribution in [0.5, 0.6) is 0 Å². The van der Waals surface area contributed by atoms with Crippen LogP contribution in [0.25, 0.3) is 0 Å². The summed E-state index contributed by atoms with van der Waals surface area (Å²) in [5.41, 5.74) is 0. The van der Waals surface area contributed by atoms with Crippen molar-refractivity contribution in [3.63, 3.8) is 0 Å². The van der Waals surface area contributed by atoms with E-state index in [1.165, 1.54) is 79.9 Å². The third kappa shape index (κ3) is 111. The first kappa shape index (κ1) is 40.4. The van der Waals surface area contributed by atoms with E-state index < -0.39 is 0 Å². The molecule has 0 radical (unpaired) electrons. The largest absolute Gasteiger partial charge is 0.197 e. The van der Waals surface area contributed by atoms with Gasteiger partial charge < -0.3 is 0 Å². The topological polar surface area (TPSA) is 0 Å². The maximum atomic E-state index is 4.52. The lowest BCUT2D eigenvalue weighted by Gasteiger charge is -1.27. The van der Waals surface area contributed by atoms with E-state index in [2.05, 4.69) is 112 Å². The Labute approximate surface area is 209 Å². The molecule has 0 heterocycles. The Balaban J connectivity index is -0.0000000346. The van der Waals surface area contributed by atoms with E-state index >= 15 is 0 Å². The molecule has 21 heteroatoms. The average molecular weight is 675 g/mol. The van der Waals surface area contributed by atoms with Crippen LogP contribution in [-0.2, 0) is 201 Å². The summed E-state index contributed by atoms with van der Waals surface area (Å²) in [5, 5.41) is 0. The highest BCUT2D eigenvalue weighted by Gasteiger charge is 1.28. The van der Waals surface area contributed by atoms with Crippen molar-refractivity contribution in [1.29, 1.82) is 0 Å². The van der Waals surface area contributed by atoms with Crippen molar-refractivity contribution in [2.45, 2.75) is 0 Å². The highest BCUT2D eigenvalue weighted by molar-refractivity contribution is 8.64. The first-order chi connectivity index (χ1) is 9.66. The lowest BCUT2D eigenvalue weighted by atomic mass is 30.8. The molecule has 0 bridgehead atoms. The van der Waals surface area contributed by atoms with Crippen LogP contribution in [0.2, 0.25) is 0 Å².